The molecule has 2 rings (SSSR count). The number of carbonyl (C=O) groups excluding carboxylic acids is 1. The molecule has 0 aromatic carbocycles. The summed E-state index contributed by atoms with van der Waals surface area (Å²) in [6, 6.07) is 1.04. The van der Waals surface area contributed by atoms with Crippen molar-refractivity contribution >= 4 is 11.6 Å². The summed E-state index contributed by atoms with van der Waals surface area (Å²) in [5.41, 5.74) is -0.329. The van der Waals surface area contributed by atoms with Gasteiger partial charge < -0.3 is 15.1 Å². The Morgan fingerprint density at radius 2 is 2.18 bits per heavy atom. The lowest BCUT2D eigenvalue weighted by molar-refractivity contribution is -0.137. The van der Waals surface area contributed by atoms with Crippen molar-refractivity contribution in [1.29, 1.82) is 0 Å². The number of nitrogens with zero attached hydrogens (tertiary/aromatic N) is 3. The highest BCUT2D eigenvalue weighted by atomic mass is 19.4. The van der Waals surface area contributed by atoms with Gasteiger partial charge >= 0.3 is 6.18 Å². The fourth-order valence-electron chi connectivity index (χ4n) is 2.43. The van der Waals surface area contributed by atoms with Gasteiger partial charge in [-0.05, 0) is 26.6 Å². The second-order valence-electron chi connectivity index (χ2n) is 5.67. The lowest BCUT2D eigenvalue weighted by Crippen LogP contribution is -2.41. The third-order valence-electron chi connectivity index (χ3n) is 3.43. The predicted molar refractivity (Wildman–Crippen MR) is 76.6 cm³/mol. The summed E-state index contributed by atoms with van der Waals surface area (Å²) >= 11 is 0. The highest BCUT2D eigenvalue weighted by Crippen LogP contribution is 2.31. The van der Waals surface area contributed by atoms with E-state index in [0.717, 1.165) is 12.3 Å². The molecule has 0 aliphatic carbocycles. The Morgan fingerprint density at radius 1 is 1.45 bits per heavy atom. The van der Waals surface area contributed by atoms with Gasteiger partial charge in [-0.15, -0.1) is 0 Å². The predicted octanol–water partition coefficient (Wildman–Crippen LogP) is 1.36. The van der Waals surface area contributed by atoms with Crippen LogP contribution in [-0.4, -0.2) is 55.6 Å². The number of nitrogens with one attached hydrogen (secondary N) is 1. The molecule has 1 atom stereocenters. The molecule has 1 aromatic heterocycles. The highest BCUT2D eigenvalue weighted by molar-refractivity contribution is 5.78. The zero-order chi connectivity index (χ0) is 16.3. The van der Waals surface area contributed by atoms with Crippen LogP contribution in [0.5, 0.6) is 0 Å². The standard InChI is InChI=1S/C14H19F3N4O/c1-20(2)9-13(22)19-11-3-4-21(8-11)12-5-10(6-18-7-12)14(15,16)17/h5-7,11H,3-4,8-9H2,1-2H3,(H,19,22)/t11-/m1/s1. The van der Waals surface area contributed by atoms with E-state index < -0.39 is 11.7 Å². The van der Waals surface area contributed by atoms with E-state index in [1.165, 1.54) is 6.20 Å². The third kappa shape index (κ3) is 4.33. The Kier molecular flexibility index (Phi) is 4.90. The molecule has 1 aliphatic rings. The lowest BCUT2D eigenvalue weighted by Gasteiger charge is -2.20. The van der Waals surface area contributed by atoms with Gasteiger partial charge in [-0.2, -0.15) is 13.2 Å². The van der Waals surface area contributed by atoms with E-state index in [9.17, 15) is 18.0 Å². The van der Waals surface area contributed by atoms with Crippen LogP contribution in [0.2, 0.25) is 0 Å². The molecule has 1 aliphatic heterocycles. The Hall–Kier alpha value is -1.83. The number of pyridine rings is 1. The minimum atomic E-state index is -4.40. The largest absolute Gasteiger partial charge is 0.417 e. The number of amides is 1. The van der Waals surface area contributed by atoms with Crippen molar-refractivity contribution in [2.45, 2.75) is 18.6 Å². The number of likely N-dealkylation sites (N-methyl/N-ethyl adjacent to an activating group) is 1. The summed E-state index contributed by atoms with van der Waals surface area (Å²) < 4.78 is 38.1. The molecule has 0 spiro atoms. The molecule has 0 radical (unpaired) electrons. The Bertz CT molecular complexity index is 533. The molecule has 1 aromatic rings. The molecule has 1 fully saturated rings. The SMILES string of the molecule is CN(C)CC(=O)N[C@@H]1CCN(c2cncc(C(F)(F)F)c2)C1. The molecule has 1 N–H and O–H groups in total. The van der Waals surface area contributed by atoms with Gasteiger partial charge in [0.1, 0.15) is 0 Å². The Labute approximate surface area is 127 Å². The average Bonchev–Trinajstić information content (AvgIpc) is 2.85. The zero-order valence-corrected chi connectivity index (χ0v) is 12.5. The van der Waals surface area contributed by atoms with Crippen LogP contribution in [0.15, 0.2) is 18.5 Å². The maximum Gasteiger partial charge on any atom is 0.417 e. The fraction of sp³-hybridized carbons (Fsp3) is 0.571. The second-order valence-corrected chi connectivity index (χ2v) is 5.67. The minimum Gasteiger partial charge on any atom is -0.368 e. The van der Waals surface area contributed by atoms with E-state index in [2.05, 4.69) is 10.3 Å². The van der Waals surface area contributed by atoms with Crippen LogP contribution in [0.1, 0.15) is 12.0 Å². The van der Waals surface area contributed by atoms with E-state index in [0.29, 0.717) is 31.7 Å². The van der Waals surface area contributed by atoms with Crippen molar-refractivity contribution in [2.24, 2.45) is 0 Å². The maximum atomic E-state index is 12.7. The molecule has 0 bridgehead atoms. The van der Waals surface area contributed by atoms with E-state index in [1.807, 2.05) is 4.90 Å². The van der Waals surface area contributed by atoms with Crippen molar-refractivity contribution in [3.8, 4) is 0 Å². The summed E-state index contributed by atoms with van der Waals surface area (Å²) in [7, 11) is 3.60. The van der Waals surface area contributed by atoms with Crippen molar-refractivity contribution in [3.05, 3.63) is 24.0 Å². The first kappa shape index (κ1) is 16.5. The van der Waals surface area contributed by atoms with Crippen molar-refractivity contribution in [1.82, 2.24) is 15.2 Å². The van der Waals surface area contributed by atoms with Crippen LogP contribution in [0.25, 0.3) is 0 Å². The summed E-state index contributed by atoms with van der Waals surface area (Å²) in [6.07, 6.45) is -1.47. The van der Waals surface area contributed by atoms with Gasteiger partial charge in [0.2, 0.25) is 5.91 Å². The topological polar surface area (TPSA) is 48.5 Å². The zero-order valence-electron chi connectivity index (χ0n) is 12.5. The first-order valence-corrected chi connectivity index (χ1v) is 6.97. The van der Waals surface area contributed by atoms with Gasteiger partial charge in [0.25, 0.3) is 0 Å². The molecule has 122 valence electrons. The van der Waals surface area contributed by atoms with Gasteiger partial charge in [0.05, 0.1) is 24.0 Å². The number of alkyl halides is 3. The summed E-state index contributed by atoms with van der Waals surface area (Å²) in [5.74, 6) is -0.0842. The van der Waals surface area contributed by atoms with E-state index in [-0.39, 0.29) is 11.9 Å². The van der Waals surface area contributed by atoms with Crippen LogP contribution in [0.4, 0.5) is 18.9 Å². The smallest absolute Gasteiger partial charge is 0.368 e. The normalized spacial score (nSPS) is 18.8. The average molecular weight is 316 g/mol. The molecule has 5 nitrogen and oxygen atoms in total. The number of carbonyl (C=O) groups is 1. The van der Waals surface area contributed by atoms with Crippen molar-refractivity contribution in [3.63, 3.8) is 0 Å². The molecule has 22 heavy (non-hydrogen) atoms. The van der Waals surface area contributed by atoms with Gasteiger partial charge in [-0.1, -0.05) is 0 Å². The van der Waals surface area contributed by atoms with E-state index in [1.54, 1.807) is 19.0 Å². The number of aromatic nitrogens is 1. The van der Waals surface area contributed by atoms with Crippen LogP contribution in [0, 0.1) is 0 Å². The molecule has 2 heterocycles. The quantitative estimate of drug-likeness (QED) is 0.911. The van der Waals surface area contributed by atoms with E-state index in [4.69, 9.17) is 0 Å². The van der Waals surface area contributed by atoms with Crippen molar-refractivity contribution in [2.75, 3.05) is 38.6 Å². The minimum absolute atomic E-state index is 0.0537. The van der Waals surface area contributed by atoms with Crippen LogP contribution < -0.4 is 10.2 Å². The number of hydrogen-bond acceptors (Lipinski definition) is 4. The first-order chi connectivity index (χ1) is 10.3. The number of halogens is 3. The number of rotatable bonds is 4. The number of anilines is 1. The first-order valence-electron chi connectivity index (χ1n) is 6.97. The molecular weight excluding hydrogens is 297 g/mol. The summed E-state index contributed by atoms with van der Waals surface area (Å²) in [5, 5.41) is 2.89. The Balaban J connectivity index is 1.97. The maximum absolute atomic E-state index is 12.7. The van der Waals surface area contributed by atoms with E-state index >= 15 is 0 Å². The van der Waals surface area contributed by atoms with Gasteiger partial charge in [-0.3, -0.25) is 9.78 Å². The molecule has 1 saturated heterocycles. The molecule has 1 amide bonds. The molecule has 8 heteroatoms. The third-order valence-corrected chi connectivity index (χ3v) is 3.43. The lowest BCUT2D eigenvalue weighted by atomic mass is 10.2. The van der Waals surface area contributed by atoms with Gasteiger partial charge in [0, 0.05) is 25.3 Å². The Morgan fingerprint density at radius 3 is 2.82 bits per heavy atom. The fourth-order valence-corrected chi connectivity index (χ4v) is 2.43. The van der Waals surface area contributed by atoms with Crippen molar-refractivity contribution < 1.29 is 18.0 Å². The van der Waals surface area contributed by atoms with Gasteiger partial charge in [0.15, 0.2) is 0 Å². The number of hydrogen-bond donors (Lipinski definition) is 1. The molecule has 0 unspecified atom stereocenters. The second kappa shape index (κ2) is 6.51. The monoisotopic (exact) mass is 316 g/mol. The summed E-state index contributed by atoms with van der Waals surface area (Å²) in [4.78, 5) is 18.9. The van der Waals surface area contributed by atoms with Crippen LogP contribution in [0.3, 0.4) is 0 Å². The molecular formula is C14H19F3N4O. The molecule has 0 saturated carbocycles. The van der Waals surface area contributed by atoms with Gasteiger partial charge in [-0.25, -0.2) is 0 Å². The highest BCUT2D eigenvalue weighted by Gasteiger charge is 2.32. The summed E-state index contributed by atoms with van der Waals surface area (Å²) in [6.45, 7) is 1.37. The van der Waals surface area contributed by atoms with Crippen LogP contribution in [-0.2, 0) is 11.0 Å². The van der Waals surface area contributed by atoms with Crippen LogP contribution >= 0.6 is 0 Å².